The largest absolute Gasteiger partial charge is 0.481 e. The molecule has 3 amide bonds. The molecule has 1 aliphatic carbocycles. The summed E-state index contributed by atoms with van der Waals surface area (Å²) in [5.41, 5.74) is 0.971. The Labute approximate surface area is 243 Å². The zero-order chi connectivity index (χ0) is 28.5. The van der Waals surface area contributed by atoms with Crippen molar-refractivity contribution in [2.75, 3.05) is 38.0 Å². The number of anilines is 1. The number of urea groups is 1. The quantitative estimate of drug-likeness (QED) is 0.378. The Morgan fingerprint density at radius 1 is 1.15 bits per heavy atom. The molecule has 3 aliphatic rings. The molecule has 3 heterocycles. The SMILES string of the molecule is CCC(Oc1ncc(Cl)cc1Cl)C(=O)NCc1cccc(NC(=O)N2CC3(CN(CC4(C(=O)O)CCC4)C3)C2)c1. The topological polar surface area (TPSA) is 124 Å². The number of benzene rings is 1. The maximum Gasteiger partial charge on any atom is 0.321 e. The highest BCUT2D eigenvalue weighted by Crippen LogP contribution is 2.46. The Morgan fingerprint density at radius 2 is 1.90 bits per heavy atom. The van der Waals surface area contributed by atoms with Gasteiger partial charge in [0, 0.05) is 56.6 Å². The number of aromatic nitrogens is 1. The normalized spacial score (nSPS) is 19.5. The van der Waals surface area contributed by atoms with E-state index in [1.54, 1.807) is 11.0 Å². The Bertz CT molecular complexity index is 1290. The number of hydrogen-bond donors (Lipinski definition) is 3. The van der Waals surface area contributed by atoms with E-state index in [1.807, 2.05) is 25.1 Å². The second-order valence-electron chi connectivity index (χ2n) is 11.2. The fraction of sp³-hybridized carbons (Fsp3) is 0.500. The van der Waals surface area contributed by atoms with Crippen molar-refractivity contribution in [3.63, 3.8) is 0 Å². The van der Waals surface area contributed by atoms with Gasteiger partial charge in [0.25, 0.3) is 5.91 Å². The molecule has 2 aromatic rings. The maximum absolute atomic E-state index is 12.8. The van der Waals surface area contributed by atoms with Crippen LogP contribution in [0.3, 0.4) is 0 Å². The molecule has 214 valence electrons. The molecule has 10 nitrogen and oxygen atoms in total. The summed E-state index contributed by atoms with van der Waals surface area (Å²) in [5.74, 6) is -0.853. The molecule has 1 aromatic heterocycles. The number of nitrogens with zero attached hydrogens (tertiary/aromatic N) is 3. The molecule has 1 atom stereocenters. The van der Waals surface area contributed by atoms with Gasteiger partial charge in [-0.3, -0.25) is 9.59 Å². The summed E-state index contributed by atoms with van der Waals surface area (Å²) in [5, 5.41) is 16.0. The molecule has 40 heavy (non-hydrogen) atoms. The van der Waals surface area contributed by atoms with Gasteiger partial charge in [-0.1, -0.05) is 48.7 Å². The molecular formula is C28H33Cl2N5O5. The lowest BCUT2D eigenvalue weighted by Gasteiger charge is -2.61. The van der Waals surface area contributed by atoms with Gasteiger partial charge >= 0.3 is 12.0 Å². The first-order valence-electron chi connectivity index (χ1n) is 13.5. The minimum absolute atomic E-state index is 0.0799. The van der Waals surface area contributed by atoms with E-state index in [9.17, 15) is 19.5 Å². The number of hydrogen-bond acceptors (Lipinski definition) is 6. The number of nitrogens with one attached hydrogen (secondary N) is 2. The van der Waals surface area contributed by atoms with Crippen LogP contribution in [0.25, 0.3) is 0 Å². The Balaban J connectivity index is 1.06. The number of rotatable bonds is 10. The first-order chi connectivity index (χ1) is 19.1. The van der Waals surface area contributed by atoms with Crippen LogP contribution in [0.5, 0.6) is 5.88 Å². The summed E-state index contributed by atoms with van der Waals surface area (Å²) in [6.07, 6.45) is 3.53. The summed E-state index contributed by atoms with van der Waals surface area (Å²) >= 11 is 12.0. The Hall–Kier alpha value is -3.08. The lowest BCUT2D eigenvalue weighted by Crippen LogP contribution is -2.74. The Kier molecular flexibility index (Phi) is 8.13. The van der Waals surface area contributed by atoms with Gasteiger partial charge in [0.05, 0.1) is 10.4 Å². The molecule has 3 N–H and O–H groups in total. The monoisotopic (exact) mass is 589 g/mol. The van der Waals surface area contributed by atoms with Crippen molar-refractivity contribution in [2.45, 2.75) is 45.3 Å². The molecule has 2 saturated heterocycles. The number of carboxylic acid groups (broad SMARTS) is 1. The number of carbonyl (C=O) groups excluding carboxylic acids is 2. The number of halogens is 2. The van der Waals surface area contributed by atoms with Crippen molar-refractivity contribution in [1.82, 2.24) is 20.1 Å². The molecule has 5 rings (SSSR count). The number of likely N-dealkylation sites (tertiary alicyclic amines) is 2. The van der Waals surface area contributed by atoms with Gasteiger partial charge in [0.1, 0.15) is 5.02 Å². The van der Waals surface area contributed by atoms with Gasteiger partial charge < -0.3 is 30.3 Å². The van der Waals surface area contributed by atoms with Gasteiger partial charge in [0.15, 0.2) is 6.10 Å². The van der Waals surface area contributed by atoms with E-state index in [2.05, 4.69) is 20.5 Å². The molecule has 0 bridgehead atoms. The van der Waals surface area contributed by atoms with E-state index < -0.39 is 17.5 Å². The second kappa shape index (κ2) is 11.4. The number of amides is 3. The zero-order valence-corrected chi connectivity index (χ0v) is 23.8. The average Bonchev–Trinajstić information content (AvgIpc) is 2.84. The molecule has 1 unspecified atom stereocenters. The first-order valence-corrected chi connectivity index (χ1v) is 14.2. The van der Waals surface area contributed by atoms with E-state index in [-0.39, 0.29) is 34.8 Å². The minimum atomic E-state index is -0.779. The van der Waals surface area contributed by atoms with Gasteiger partial charge in [-0.25, -0.2) is 9.78 Å². The predicted molar refractivity (Wildman–Crippen MR) is 151 cm³/mol. The van der Waals surface area contributed by atoms with Crippen LogP contribution in [0.2, 0.25) is 10.0 Å². The summed E-state index contributed by atoms with van der Waals surface area (Å²) < 4.78 is 5.70. The highest BCUT2D eigenvalue weighted by Gasteiger charge is 2.56. The molecule has 1 spiro atoms. The van der Waals surface area contributed by atoms with Crippen LogP contribution < -0.4 is 15.4 Å². The van der Waals surface area contributed by atoms with E-state index in [4.69, 9.17) is 27.9 Å². The van der Waals surface area contributed by atoms with Crippen molar-refractivity contribution in [3.05, 3.63) is 52.1 Å². The summed E-state index contributed by atoms with van der Waals surface area (Å²) in [6, 6.07) is 8.65. The van der Waals surface area contributed by atoms with Crippen LogP contribution >= 0.6 is 23.2 Å². The molecule has 1 saturated carbocycles. The first kappa shape index (κ1) is 28.4. The molecule has 12 heteroatoms. The lowest BCUT2D eigenvalue weighted by atomic mass is 9.66. The summed E-state index contributed by atoms with van der Waals surface area (Å²) in [6.45, 7) is 5.69. The van der Waals surface area contributed by atoms with E-state index in [0.717, 1.165) is 37.9 Å². The van der Waals surface area contributed by atoms with Gasteiger partial charge in [0.2, 0.25) is 5.88 Å². The standard InChI is InChI=1S/C28H33Cl2N5O5/c1-2-22(40-24-21(30)10-19(29)12-32-24)23(36)31-11-18-5-3-6-20(9-18)33-26(39)35-15-27(16-35)13-34(14-27)17-28(25(37)38)7-4-8-28/h3,5-6,9-10,12,22H,2,4,7-8,11,13-17H2,1H3,(H,31,36)(H,33,39)(H,37,38). The van der Waals surface area contributed by atoms with Gasteiger partial charge in [-0.05, 0) is 43.0 Å². The predicted octanol–water partition coefficient (Wildman–Crippen LogP) is 4.27. The van der Waals surface area contributed by atoms with Gasteiger partial charge in [-0.2, -0.15) is 0 Å². The third kappa shape index (κ3) is 5.99. The van der Waals surface area contributed by atoms with Crippen molar-refractivity contribution in [1.29, 1.82) is 0 Å². The maximum atomic E-state index is 12.8. The van der Waals surface area contributed by atoms with E-state index >= 15 is 0 Å². The highest BCUT2D eigenvalue weighted by atomic mass is 35.5. The van der Waals surface area contributed by atoms with Crippen LogP contribution in [0, 0.1) is 10.8 Å². The summed E-state index contributed by atoms with van der Waals surface area (Å²) in [7, 11) is 0. The molecule has 0 radical (unpaired) electrons. The zero-order valence-electron chi connectivity index (χ0n) is 22.3. The van der Waals surface area contributed by atoms with Crippen molar-refractivity contribution < 1.29 is 24.2 Å². The van der Waals surface area contributed by atoms with Crippen molar-refractivity contribution >= 4 is 46.8 Å². The van der Waals surface area contributed by atoms with Crippen LogP contribution in [0.1, 0.15) is 38.2 Å². The number of carboxylic acids is 1. The highest BCUT2D eigenvalue weighted by molar-refractivity contribution is 6.35. The summed E-state index contributed by atoms with van der Waals surface area (Å²) in [4.78, 5) is 45.2. The van der Waals surface area contributed by atoms with Crippen LogP contribution in [-0.2, 0) is 16.1 Å². The smallest absolute Gasteiger partial charge is 0.321 e. The number of ether oxygens (including phenoxy) is 1. The average molecular weight is 591 g/mol. The lowest BCUT2D eigenvalue weighted by molar-refractivity contribution is -0.164. The fourth-order valence-electron chi connectivity index (χ4n) is 5.80. The number of aliphatic carboxylic acids is 1. The number of carbonyl (C=O) groups is 3. The van der Waals surface area contributed by atoms with Gasteiger partial charge in [-0.15, -0.1) is 0 Å². The van der Waals surface area contributed by atoms with Crippen molar-refractivity contribution in [3.8, 4) is 5.88 Å². The van der Waals surface area contributed by atoms with E-state index in [1.165, 1.54) is 12.3 Å². The molecular weight excluding hydrogens is 557 g/mol. The minimum Gasteiger partial charge on any atom is -0.481 e. The van der Waals surface area contributed by atoms with Crippen LogP contribution in [-0.4, -0.2) is 76.6 Å². The fourth-order valence-corrected chi connectivity index (χ4v) is 6.23. The Morgan fingerprint density at radius 3 is 2.52 bits per heavy atom. The third-order valence-electron chi connectivity index (χ3n) is 8.08. The molecule has 2 aliphatic heterocycles. The third-order valence-corrected chi connectivity index (χ3v) is 8.56. The van der Waals surface area contributed by atoms with E-state index in [0.29, 0.717) is 36.8 Å². The van der Waals surface area contributed by atoms with Crippen molar-refractivity contribution in [2.24, 2.45) is 10.8 Å². The number of pyridine rings is 1. The van der Waals surface area contributed by atoms with Crippen LogP contribution in [0.15, 0.2) is 36.5 Å². The molecule has 3 fully saturated rings. The molecule has 1 aromatic carbocycles. The second-order valence-corrected chi connectivity index (χ2v) is 12.1. The van der Waals surface area contributed by atoms with Crippen LogP contribution in [0.4, 0.5) is 10.5 Å².